The van der Waals surface area contributed by atoms with Crippen molar-refractivity contribution in [2.45, 2.75) is 25.5 Å². The first-order valence-electron chi connectivity index (χ1n) is 7.93. The summed E-state index contributed by atoms with van der Waals surface area (Å²) < 4.78 is 9.37. The molecule has 0 aliphatic carbocycles. The molecule has 2 atom stereocenters. The van der Waals surface area contributed by atoms with Gasteiger partial charge in [-0.15, -0.1) is 0 Å². The lowest BCUT2D eigenvalue weighted by Crippen LogP contribution is -2.46. The number of alkyl carbamates (subject to hydrolysis) is 1. The second kappa shape index (κ2) is 11.5. The molecule has 0 radical (unpaired) electrons. The summed E-state index contributed by atoms with van der Waals surface area (Å²) in [6.07, 6.45) is -0.0638. The van der Waals surface area contributed by atoms with Gasteiger partial charge in [-0.25, -0.2) is 9.59 Å². The van der Waals surface area contributed by atoms with E-state index in [0.29, 0.717) is 12.2 Å². The number of carbonyl (C=O) groups is 4. The van der Waals surface area contributed by atoms with E-state index in [9.17, 15) is 19.2 Å². The highest BCUT2D eigenvalue weighted by molar-refractivity contribution is 7.98. The number of rotatable bonds is 8. The normalized spacial score (nSPS) is 12.4. The van der Waals surface area contributed by atoms with Crippen molar-refractivity contribution in [1.82, 2.24) is 10.6 Å². The average Bonchev–Trinajstić information content (AvgIpc) is 2.64. The molecule has 0 aromatic heterocycles. The number of carbonyl (C=O) groups excluding carboxylic acids is 4. The minimum absolute atomic E-state index is 0.220. The third-order valence-corrected chi connectivity index (χ3v) is 4.37. The number of thioether (sulfide) groups is 1. The lowest BCUT2D eigenvalue weighted by molar-refractivity contribution is -0.156. The van der Waals surface area contributed by atoms with E-state index in [-0.39, 0.29) is 10.6 Å². The standard InChI is InChI=1S/C17H21ClN2O6S/c1-10(14(21)20-17(24)25-2)26-16(23)13(8-9-27-3)19-15(22)11-6-4-5-7-12(11)18/h4-7,10,13H,8-9H2,1-3H3,(H,19,22)(H,20,21,24)/t10-,13-/m1/s1. The molecule has 0 aliphatic rings. The Hall–Kier alpha value is -2.26. The molecule has 148 valence electrons. The number of benzene rings is 1. The highest BCUT2D eigenvalue weighted by atomic mass is 35.5. The van der Waals surface area contributed by atoms with Crippen LogP contribution in [0, 0.1) is 0 Å². The minimum atomic E-state index is -1.24. The molecule has 0 saturated heterocycles. The van der Waals surface area contributed by atoms with Crippen LogP contribution in [0.25, 0.3) is 0 Å². The summed E-state index contributed by atoms with van der Waals surface area (Å²) >= 11 is 7.48. The van der Waals surface area contributed by atoms with Crippen molar-refractivity contribution in [2.75, 3.05) is 19.1 Å². The summed E-state index contributed by atoms with van der Waals surface area (Å²) in [5, 5.41) is 4.72. The quantitative estimate of drug-likeness (QED) is 0.623. The van der Waals surface area contributed by atoms with E-state index in [1.807, 2.05) is 11.6 Å². The van der Waals surface area contributed by atoms with Crippen LogP contribution in [0.1, 0.15) is 23.7 Å². The molecular formula is C17H21ClN2O6S. The molecule has 0 aliphatic heterocycles. The van der Waals surface area contributed by atoms with Crippen LogP contribution in [0.3, 0.4) is 0 Å². The van der Waals surface area contributed by atoms with E-state index >= 15 is 0 Å². The topological polar surface area (TPSA) is 111 Å². The van der Waals surface area contributed by atoms with E-state index in [2.05, 4.69) is 10.1 Å². The predicted molar refractivity (Wildman–Crippen MR) is 102 cm³/mol. The van der Waals surface area contributed by atoms with Crippen molar-refractivity contribution < 1.29 is 28.7 Å². The van der Waals surface area contributed by atoms with Gasteiger partial charge in [0.25, 0.3) is 11.8 Å². The van der Waals surface area contributed by atoms with Crippen LogP contribution in [0.15, 0.2) is 24.3 Å². The van der Waals surface area contributed by atoms with E-state index in [1.54, 1.807) is 18.2 Å². The summed E-state index contributed by atoms with van der Waals surface area (Å²) in [4.78, 5) is 47.6. The zero-order valence-electron chi connectivity index (χ0n) is 15.1. The molecule has 3 amide bonds. The van der Waals surface area contributed by atoms with Crippen molar-refractivity contribution >= 4 is 47.2 Å². The average molecular weight is 417 g/mol. The Bertz CT molecular complexity index is 700. The Morgan fingerprint density at radius 1 is 1.22 bits per heavy atom. The van der Waals surface area contributed by atoms with Crippen molar-refractivity contribution in [3.63, 3.8) is 0 Å². The Morgan fingerprint density at radius 2 is 1.89 bits per heavy atom. The summed E-state index contributed by atoms with van der Waals surface area (Å²) in [6, 6.07) is 5.44. The fourth-order valence-corrected chi connectivity index (χ4v) is 2.62. The van der Waals surface area contributed by atoms with Crippen molar-refractivity contribution in [3.05, 3.63) is 34.9 Å². The Kier molecular flexibility index (Phi) is 9.66. The van der Waals surface area contributed by atoms with E-state index in [1.165, 1.54) is 24.8 Å². The van der Waals surface area contributed by atoms with Crippen LogP contribution in [0.2, 0.25) is 5.02 Å². The fourth-order valence-electron chi connectivity index (χ4n) is 1.93. The van der Waals surface area contributed by atoms with Gasteiger partial charge in [-0.05, 0) is 37.5 Å². The number of hydrogen-bond acceptors (Lipinski definition) is 7. The molecule has 1 rings (SSSR count). The second-order valence-corrected chi connectivity index (χ2v) is 6.74. The Morgan fingerprint density at radius 3 is 2.48 bits per heavy atom. The summed E-state index contributed by atoms with van der Waals surface area (Å²) in [5.41, 5.74) is 0.220. The molecule has 2 N–H and O–H groups in total. The third kappa shape index (κ3) is 7.48. The molecule has 10 heteroatoms. The smallest absolute Gasteiger partial charge is 0.413 e. The SMILES string of the molecule is COC(=O)NC(=O)[C@@H](C)OC(=O)[C@@H](CCSC)NC(=O)c1ccccc1Cl. The number of imide groups is 1. The van der Waals surface area contributed by atoms with E-state index < -0.39 is 36.0 Å². The number of hydrogen-bond donors (Lipinski definition) is 2. The number of methoxy groups -OCH3 is 1. The number of halogens is 1. The predicted octanol–water partition coefficient (Wildman–Crippen LogP) is 2.01. The van der Waals surface area contributed by atoms with Gasteiger partial charge in [-0.3, -0.25) is 14.9 Å². The van der Waals surface area contributed by atoms with Gasteiger partial charge in [0, 0.05) is 0 Å². The highest BCUT2D eigenvalue weighted by Gasteiger charge is 2.27. The zero-order chi connectivity index (χ0) is 20.4. The first kappa shape index (κ1) is 22.8. The summed E-state index contributed by atoms with van der Waals surface area (Å²) in [7, 11) is 1.10. The van der Waals surface area contributed by atoms with Crippen LogP contribution in [-0.2, 0) is 19.1 Å². The van der Waals surface area contributed by atoms with Crippen LogP contribution < -0.4 is 10.6 Å². The van der Waals surface area contributed by atoms with Crippen LogP contribution in [0.4, 0.5) is 4.79 Å². The van der Waals surface area contributed by atoms with Gasteiger partial charge in [0.2, 0.25) is 0 Å². The van der Waals surface area contributed by atoms with Gasteiger partial charge < -0.3 is 14.8 Å². The molecule has 1 aromatic carbocycles. The molecule has 0 fully saturated rings. The van der Waals surface area contributed by atoms with Crippen LogP contribution >= 0.6 is 23.4 Å². The van der Waals surface area contributed by atoms with Crippen LogP contribution in [0.5, 0.6) is 0 Å². The van der Waals surface area contributed by atoms with Crippen LogP contribution in [-0.4, -0.2) is 55.1 Å². The van der Waals surface area contributed by atoms with Crippen molar-refractivity contribution in [3.8, 4) is 0 Å². The monoisotopic (exact) mass is 416 g/mol. The molecule has 0 unspecified atom stereocenters. The molecule has 0 saturated carbocycles. The maximum atomic E-state index is 12.4. The molecule has 0 bridgehead atoms. The minimum Gasteiger partial charge on any atom is -0.453 e. The lowest BCUT2D eigenvalue weighted by Gasteiger charge is -2.20. The Labute approximate surface area is 166 Å². The number of ether oxygens (including phenoxy) is 2. The van der Waals surface area contributed by atoms with Gasteiger partial charge in [0.1, 0.15) is 6.04 Å². The molecule has 0 spiro atoms. The summed E-state index contributed by atoms with van der Waals surface area (Å²) in [6.45, 7) is 1.30. The molecule has 27 heavy (non-hydrogen) atoms. The zero-order valence-corrected chi connectivity index (χ0v) is 16.7. The largest absolute Gasteiger partial charge is 0.453 e. The fraction of sp³-hybridized carbons (Fsp3) is 0.412. The van der Waals surface area contributed by atoms with Gasteiger partial charge in [-0.1, -0.05) is 23.7 Å². The van der Waals surface area contributed by atoms with E-state index in [4.69, 9.17) is 16.3 Å². The van der Waals surface area contributed by atoms with E-state index in [0.717, 1.165) is 7.11 Å². The second-order valence-electron chi connectivity index (χ2n) is 5.35. The van der Waals surface area contributed by atoms with Gasteiger partial charge in [-0.2, -0.15) is 11.8 Å². The third-order valence-electron chi connectivity index (χ3n) is 3.39. The highest BCUT2D eigenvalue weighted by Crippen LogP contribution is 2.15. The lowest BCUT2D eigenvalue weighted by atomic mass is 10.1. The molecule has 0 heterocycles. The Balaban J connectivity index is 2.78. The van der Waals surface area contributed by atoms with Gasteiger partial charge in [0.05, 0.1) is 17.7 Å². The number of esters is 1. The van der Waals surface area contributed by atoms with Crippen molar-refractivity contribution in [2.24, 2.45) is 0 Å². The number of nitrogens with one attached hydrogen (secondary N) is 2. The summed E-state index contributed by atoms with van der Waals surface area (Å²) in [5.74, 6) is -1.59. The maximum Gasteiger partial charge on any atom is 0.413 e. The first-order chi connectivity index (χ1) is 12.8. The number of amides is 3. The molecular weight excluding hydrogens is 396 g/mol. The first-order valence-corrected chi connectivity index (χ1v) is 9.71. The van der Waals surface area contributed by atoms with Crippen molar-refractivity contribution in [1.29, 1.82) is 0 Å². The molecule has 1 aromatic rings. The molecule has 8 nitrogen and oxygen atoms in total. The maximum absolute atomic E-state index is 12.4. The van der Waals surface area contributed by atoms with Gasteiger partial charge >= 0.3 is 12.1 Å². The van der Waals surface area contributed by atoms with Gasteiger partial charge in [0.15, 0.2) is 6.10 Å².